The molecule has 0 aliphatic carbocycles. The van der Waals surface area contributed by atoms with Crippen molar-refractivity contribution in [3.63, 3.8) is 0 Å². The maximum absolute atomic E-state index is 11.6. The van der Waals surface area contributed by atoms with Gasteiger partial charge in [-0.05, 0) is 27.2 Å². The Balaban J connectivity index is 4.86. The Bertz CT molecular complexity index is 333. The Kier molecular flexibility index (Phi) is 5.17. The van der Waals surface area contributed by atoms with Crippen molar-refractivity contribution < 1.29 is 23.4 Å². The molecule has 1 amide bonds. The highest BCUT2D eigenvalue weighted by Gasteiger charge is 2.36. The second-order valence-corrected chi connectivity index (χ2v) is 5.80. The molecular formula is C8H18N2O5S. The highest BCUT2D eigenvalue weighted by Crippen LogP contribution is 2.17. The molecule has 7 nitrogen and oxygen atoms in total. The summed E-state index contributed by atoms with van der Waals surface area (Å²) >= 11 is 0. The topological polar surface area (TPSA) is 107 Å². The zero-order valence-corrected chi connectivity index (χ0v) is 10.4. The predicted molar refractivity (Wildman–Crippen MR) is 58.2 cm³/mol. The summed E-state index contributed by atoms with van der Waals surface area (Å²) < 4.78 is 25.8. The second kappa shape index (κ2) is 5.46. The van der Waals surface area contributed by atoms with E-state index < -0.39 is 21.8 Å². The van der Waals surface area contributed by atoms with Crippen LogP contribution in [0.25, 0.3) is 0 Å². The lowest BCUT2D eigenvalue weighted by Gasteiger charge is -2.31. The predicted octanol–water partition coefficient (Wildman–Crippen LogP) is -0.0183. The molecule has 0 saturated carbocycles. The summed E-state index contributed by atoms with van der Waals surface area (Å²) in [7, 11) is -4.08. The molecule has 0 rings (SSSR count). The van der Waals surface area contributed by atoms with Gasteiger partial charge in [0.2, 0.25) is 0 Å². The lowest BCUT2D eigenvalue weighted by molar-refractivity contribution is 0.145. The first-order valence-corrected chi connectivity index (χ1v) is 6.20. The highest BCUT2D eigenvalue weighted by molar-refractivity contribution is 7.87. The van der Waals surface area contributed by atoms with Crippen LogP contribution in [0, 0.1) is 0 Å². The number of hydrogen-bond acceptors (Lipinski definition) is 4. The first-order valence-electron chi connectivity index (χ1n) is 4.76. The molecule has 0 aromatic carbocycles. The van der Waals surface area contributed by atoms with Crippen molar-refractivity contribution in [3.8, 4) is 0 Å². The van der Waals surface area contributed by atoms with Crippen LogP contribution in [-0.2, 0) is 10.2 Å². The SMILES string of the molecule is CC(C)(C)N(C(=O)O)S(=O)(=O)NCCCO. The quantitative estimate of drug-likeness (QED) is 0.598. The molecule has 0 unspecified atom stereocenters. The van der Waals surface area contributed by atoms with Crippen LogP contribution in [0.1, 0.15) is 27.2 Å². The number of hydrogen-bond donors (Lipinski definition) is 3. The number of rotatable bonds is 5. The number of nitrogens with one attached hydrogen (secondary N) is 1. The smallest absolute Gasteiger partial charge is 0.422 e. The molecule has 0 bridgehead atoms. The van der Waals surface area contributed by atoms with E-state index in [1.165, 1.54) is 20.8 Å². The number of carbonyl (C=O) groups is 1. The van der Waals surface area contributed by atoms with E-state index >= 15 is 0 Å². The molecule has 0 saturated heterocycles. The summed E-state index contributed by atoms with van der Waals surface area (Å²) in [4.78, 5) is 10.9. The van der Waals surface area contributed by atoms with Crippen LogP contribution in [0.15, 0.2) is 0 Å². The van der Waals surface area contributed by atoms with E-state index in [0.717, 1.165) is 0 Å². The molecule has 8 heteroatoms. The van der Waals surface area contributed by atoms with Crippen molar-refractivity contribution >= 4 is 16.3 Å². The lowest BCUT2D eigenvalue weighted by Crippen LogP contribution is -2.53. The molecule has 0 radical (unpaired) electrons. The first-order chi connectivity index (χ1) is 7.13. The molecule has 0 atom stereocenters. The fourth-order valence-corrected chi connectivity index (χ4v) is 2.55. The summed E-state index contributed by atoms with van der Waals surface area (Å²) in [6.07, 6.45) is -1.30. The lowest BCUT2D eigenvalue weighted by atomic mass is 10.1. The van der Waals surface area contributed by atoms with Crippen LogP contribution in [0.5, 0.6) is 0 Å². The normalized spacial score (nSPS) is 12.5. The third kappa shape index (κ3) is 4.33. The van der Waals surface area contributed by atoms with Crippen molar-refractivity contribution in [2.24, 2.45) is 0 Å². The van der Waals surface area contributed by atoms with Gasteiger partial charge in [0.15, 0.2) is 0 Å². The number of amides is 1. The van der Waals surface area contributed by atoms with Crippen molar-refractivity contribution in [2.45, 2.75) is 32.7 Å². The van der Waals surface area contributed by atoms with Crippen LogP contribution >= 0.6 is 0 Å². The zero-order chi connectivity index (χ0) is 13.0. The minimum Gasteiger partial charge on any atom is -0.464 e. The standard InChI is InChI=1S/C8H18N2O5S/c1-8(2,3)10(7(12)13)16(14,15)9-5-4-6-11/h9,11H,4-6H2,1-3H3,(H,12,13). The molecule has 0 aromatic rings. The minimum absolute atomic E-state index is 0.00130. The molecular weight excluding hydrogens is 236 g/mol. The first kappa shape index (κ1) is 15.1. The fraction of sp³-hybridized carbons (Fsp3) is 0.875. The third-order valence-electron chi connectivity index (χ3n) is 1.64. The molecule has 3 N–H and O–H groups in total. The van der Waals surface area contributed by atoms with Crippen LogP contribution in [0.2, 0.25) is 0 Å². The van der Waals surface area contributed by atoms with Gasteiger partial charge < -0.3 is 10.2 Å². The summed E-state index contributed by atoms with van der Waals surface area (Å²) in [6, 6.07) is 0. The molecule has 0 aromatic heterocycles. The average Bonchev–Trinajstić information content (AvgIpc) is 1.98. The van der Waals surface area contributed by atoms with E-state index in [1.54, 1.807) is 0 Å². The molecule has 16 heavy (non-hydrogen) atoms. The van der Waals surface area contributed by atoms with Crippen molar-refractivity contribution in [1.29, 1.82) is 0 Å². The number of carboxylic acid groups (broad SMARTS) is 1. The third-order valence-corrected chi connectivity index (χ3v) is 3.40. The maximum atomic E-state index is 11.6. The molecule has 96 valence electrons. The van der Waals surface area contributed by atoms with Gasteiger partial charge in [0.25, 0.3) is 0 Å². The van der Waals surface area contributed by atoms with Gasteiger partial charge >= 0.3 is 16.3 Å². The Morgan fingerprint density at radius 3 is 2.19 bits per heavy atom. The van der Waals surface area contributed by atoms with Gasteiger partial charge in [-0.3, -0.25) is 0 Å². The molecule has 0 aliphatic heterocycles. The summed E-state index contributed by atoms with van der Waals surface area (Å²) in [5.41, 5.74) is -1.06. The van der Waals surface area contributed by atoms with E-state index in [0.29, 0.717) is 4.31 Å². The monoisotopic (exact) mass is 254 g/mol. The van der Waals surface area contributed by atoms with Gasteiger partial charge in [-0.15, -0.1) is 0 Å². The van der Waals surface area contributed by atoms with E-state index in [2.05, 4.69) is 4.72 Å². The van der Waals surface area contributed by atoms with Crippen LogP contribution in [0.3, 0.4) is 0 Å². The Morgan fingerprint density at radius 2 is 1.88 bits per heavy atom. The molecule has 0 spiro atoms. The largest absolute Gasteiger partial charge is 0.464 e. The Hall–Kier alpha value is -0.860. The van der Waals surface area contributed by atoms with Gasteiger partial charge in [-0.25, -0.2) is 4.79 Å². The van der Waals surface area contributed by atoms with Crippen LogP contribution in [0.4, 0.5) is 4.79 Å². The number of aliphatic hydroxyl groups is 1. The summed E-state index contributed by atoms with van der Waals surface area (Å²) in [5, 5.41) is 17.4. The van der Waals surface area contributed by atoms with Crippen molar-refractivity contribution in [3.05, 3.63) is 0 Å². The Labute approximate surface area is 95.2 Å². The highest BCUT2D eigenvalue weighted by atomic mass is 32.2. The minimum atomic E-state index is -4.08. The fourth-order valence-electron chi connectivity index (χ4n) is 1.10. The van der Waals surface area contributed by atoms with Gasteiger partial charge in [0.05, 0.1) is 5.54 Å². The van der Waals surface area contributed by atoms with E-state index in [-0.39, 0.29) is 19.6 Å². The number of nitrogens with zero attached hydrogens (tertiary/aromatic N) is 1. The van der Waals surface area contributed by atoms with E-state index in [4.69, 9.17) is 10.2 Å². The molecule has 0 heterocycles. The van der Waals surface area contributed by atoms with Crippen LogP contribution in [-0.4, -0.2) is 47.7 Å². The summed E-state index contributed by atoms with van der Waals surface area (Å²) in [6.45, 7) is 4.27. The van der Waals surface area contributed by atoms with Gasteiger partial charge in [0.1, 0.15) is 0 Å². The summed E-state index contributed by atoms with van der Waals surface area (Å²) in [5.74, 6) is 0. The van der Waals surface area contributed by atoms with Crippen molar-refractivity contribution in [1.82, 2.24) is 9.03 Å². The van der Waals surface area contributed by atoms with E-state index in [1.807, 2.05) is 0 Å². The van der Waals surface area contributed by atoms with Gasteiger partial charge in [0, 0.05) is 13.2 Å². The zero-order valence-electron chi connectivity index (χ0n) is 9.60. The van der Waals surface area contributed by atoms with Gasteiger partial charge in [-0.1, -0.05) is 0 Å². The van der Waals surface area contributed by atoms with Crippen molar-refractivity contribution in [2.75, 3.05) is 13.2 Å². The maximum Gasteiger partial charge on any atom is 0.422 e. The van der Waals surface area contributed by atoms with Gasteiger partial charge in [-0.2, -0.15) is 17.4 Å². The average molecular weight is 254 g/mol. The second-order valence-electron chi connectivity index (χ2n) is 4.19. The van der Waals surface area contributed by atoms with E-state index in [9.17, 15) is 13.2 Å². The molecule has 0 aliphatic rings. The molecule has 0 fully saturated rings. The Morgan fingerprint density at radius 1 is 1.38 bits per heavy atom. The van der Waals surface area contributed by atoms with Crippen LogP contribution < -0.4 is 4.72 Å². The number of aliphatic hydroxyl groups excluding tert-OH is 1.